The fourth-order valence-electron chi connectivity index (χ4n) is 2.51. The largest absolute Gasteiger partial charge is 0.375 e. The Morgan fingerprint density at radius 1 is 1.10 bits per heavy atom. The van der Waals surface area contributed by atoms with E-state index in [-0.39, 0.29) is 18.4 Å². The van der Waals surface area contributed by atoms with E-state index in [1.165, 1.54) is 7.11 Å². The van der Waals surface area contributed by atoms with Gasteiger partial charge in [0.2, 0.25) is 5.91 Å². The van der Waals surface area contributed by atoms with E-state index in [4.69, 9.17) is 4.74 Å². The molecule has 2 rings (SSSR count). The second-order valence-electron chi connectivity index (χ2n) is 5.42. The van der Waals surface area contributed by atoms with Gasteiger partial charge < -0.3 is 14.5 Å². The Bertz CT molecular complexity index is 534. The Labute approximate surface area is 125 Å². The second-order valence-corrected chi connectivity index (χ2v) is 5.42. The number of hydrogen-bond acceptors (Lipinski definition) is 3. The summed E-state index contributed by atoms with van der Waals surface area (Å²) in [5.41, 5.74) is 2.83. The van der Waals surface area contributed by atoms with Gasteiger partial charge in [0.25, 0.3) is 5.91 Å². The molecule has 114 valence electrons. The van der Waals surface area contributed by atoms with Gasteiger partial charge in [-0.05, 0) is 25.5 Å². The third-order valence-corrected chi connectivity index (χ3v) is 3.81. The van der Waals surface area contributed by atoms with Crippen LogP contribution in [-0.4, -0.2) is 61.5 Å². The number of hydrogen-bond donors (Lipinski definition) is 0. The van der Waals surface area contributed by atoms with Crippen molar-refractivity contribution in [3.8, 4) is 0 Å². The monoisotopic (exact) mass is 290 g/mol. The Hall–Kier alpha value is -1.88. The Balaban J connectivity index is 2.00. The van der Waals surface area contributed by atoms with Crippen molar-refractivity contribution in [2.24, 2.45) is 0 Å². The molecule has 21 heavy (non-hydrogen) atoms. The molecule has 1 saturated heterocycles. The molecule has 0 spiro atoms. The summed E-state index contributed by atoms with van der Waals surface area (Å²) in [4.78, 5) is 27.9. The van der Waals surface area contributed by atoms with Gasteiger partial charge in [-0.2, -0.15) is 0 Å². The van der Waals surface area contributed by atoms with Crippen molar-refractivity contribution in [2.45, 2.75) is 13.8 Å². The van der Waals surface area contributed by atoms with E-state index >= 15 is 0 Å². The maximum Gasteiger partial charge on any atom is 0.254 e. The molecular formula is C16H22N2O3. The smallest absolute Gasteiger partial charge is 0.254 e. The zero-order valence-electron chi connectivity index (χ0n) is 12.9. The number of rotatable bonds is 3. The van der Waals surface area contributed by atoms with Crippen LogP contribution in [-0.2, 0) is 9.53 Å². The van der Waals surface area contributed by atoms with E-state index in [1.54, 1.807) is 4.90 Å². The molecule has 5 nitrogen and oxygen atoms in total. The normalized spacial score (nSPS) is 15.2. The Morgan fingerprint density at radius 3 is 2.33 bits per heavy atom. The van der Waals surface area contributed by atoms with Crippen LogP contribution in [0.1, 0.15) is 21.5 Å². The minimum absolute atomic E-state index is 0.0173. The lowest BCUT2D eigenvalue weighted by molar-refractivity contribution is -0.136. The maximum atomic E-state index is 12.6. The third-order valence-electron chi connectivity index (χ3n) is 3.81. The number of methoxy groups -OCH3 is 1. The van der Waals surface area contributed by atoms with E-state index < -0.39 is 0 Å². The summed E-state index contributed by atoms with van der Waals surface area (Å²) in [6.45, 7) is 6.31. The highest BCUT2D eigenvalue weighted by Gasteiger charge is 2.25. The van der Waals surface area contributed by atoms with Crippen molar-refractivity contribution < 1.29 is 14.3 Å². The van der Waals surface area contributed by atoms with Crippen LogP contribution in [0.25, 0.3) is 0 Å². The van der Waals surface area contributed by atoms with E-state index in [2.05, 4.69) is 0 Å². The molecule has 1 aliphatic rings. The van der Waals surface area contributed by atoms with Gasteiger partial charge in [-0.15, -0.1) is 0 Å². The lowest BCUT2D eigenvalue weighted by Gasteiger charge is -2.35. The fourth-order valence-corrected chi connectivity index (χ4v) is 2.51. The number of piperazine rings is 1. The molecule has 1 aliphatic heterocycles. The summed E-state index contributed by atoms with van der Waals surface area (Å²) < 4.78 is 4.86. The van der Waals surface area contributed by atoms with Gasteiger partial charge in [-0.1, -0.05) is 17.7 Å². The summed E-state index contributed by atoms with van der Waals surface area (Å²) in [6, 6.07) is 5.91. The van der Waals surface area contributed by atoms with Crippen LogP contribution >= 0.6 is 0 Å². The number of aryl methyl sites for hydroxylation is 2. The first-order valence-electron chi connectivity index (χ1n) is 7.16. The number of amides is 2. The first kappa shape index (κ1) is 15.5. The van der Waals surface area contributed by atoms with E-state index in [0.29, 0.717) is 26.2 Å². The summed E-state index contributed by atoms with van der Waals surface area (Å²) in [7, 11) is 1.51. The molecule has 0 aromatic heterocycles. The van der Waals surface area contributed by atoms with Crippen LogP contribution in [0.4, 0.5) is 0 Å². The van der Waals surface area contributed by atoms with Crippen LogP contribution in [0.2, 0.25) is 0 Å². The molecule has 0 unspecified atom stereocenters. The highest BCUT2D eigenvalue weighted by Crippen LogP contribution is 2.15. The molecule has 1 fully saturated rings. The lowest BCUT2D eigenvalue weighted by atomic mass is 10.0. The molecule has 0 saturated carbocycles. The summed E-state index contributed by atoms with van der Waals surface area (Å²) in [5, 5.41) is 0. The van der Waals surface area contributed by atoms with E-state index in [9.17, 15) is 9.59 Å². The number of benzene rings is 1. The Kier molecular flexibility index (Phi) is 4.96. The van der Waals surface area contributed by atoms with E-state index in [0.717, 1.165) is 16.7 Å². The zero-order valence-corrected chi connectivity index (χ0v) is 12.9. The second kappa shape index (κ2) is 6.72. The van der Waals surface area contributed by atoms with Crippen LogP contribution in [0, 0.1) is 13.8 Å². The average molecular weight is 290 g/mol. The molecule has 0 N–H and O–H groups in total. The topological polar surface area (TPSA) is 49.9 Å². The van der Waals surface area contributed by atoms with Crippen LogP contribution < -0.4 is 0 Å². The van der Waals surface area contributed by atoms with Crippen molar-refractivity contribution in [1.29, 1.82) is 0 Å². The summed E-state index contributed by atoms with van der Waals surface area (Å²) in [5.74, 6) is 0.0337. The fraction of sp³-hybridized carbons (Fsp3) is 0.500. The molecule has 0 radical (unpaired) electrons. The molecule has 0 bridgehead atoms. The highest BCUT2D eigenvalue weighted by atomic mass is 16.5. The van der Waals surface area contributed by atoms with Crippen molar-refractivity contribution >= 4 is 11.8 Å². The lowest BCUT2D eigenvalue weighted by Crippen LogP contribution is -2.51. The van der Waals surface area contributed by atoms with Crippen molar-refractivity contribution in [3.05, 3.63) is 34.9 Å². The quantitative estimate of drug-likeness (QED) is 0.841. The zero-order chi connectivity index (χ0) is 15.4. The van der Waals surface area contributed by atoms with Gasteiger partial charge in [0.15, 0.2) is 0 Å². The van der Waals surface area contributed by atoms with Crippen LogP contribution in [0.3, 0.4) is 0 Å². The number of carbonyl (C=O) groups excluding carboxylic acids is 2. The van der Waals surface area contributed by atoms with Crippen molar-refractivity contribution in [3.63, 3.8) is 0 Å². The first-order chi connectivity index (χ1) is 10.0. The molecule has 0 aliphatic carbocycles. The summed E-state index contributed by atoms with van der Waals surface area (Å²) in [6.07, 6.45) is 0. The van der Waals surface area contributed by atoms with Crippen molar-refractivity contribution in [2.75, 3.05) is 39.9 Å². The maximum absolute atomic E-state index is 12.6. The van der Waals surface area contributed by atoms with Crippen molar-refractivity contribution in [1.82, 2.24) is 9.80 Å². The van der Waals surface area contributed by atoms with Gasteiger partial charge in [-0.25, -0.2) is 0 Å². The minimum atomic E-state index is -0.0173. The van der Waals surface area contributed by atoms with E-state index in [1.807, 2.05) is 36.9 Å². The highest BCUT2D eigenvalue weighted by molar-refractivity contribution is 5.96. The van der Waals surface area contributed by atoms with Gasteiger partial charge in [0, 0.05) is 38.9 Å². The number of ether oxygens (including phenoxy) is 1. The molecule has 2 amide bonds. The molecule has 1 aromatic rings. The third kappa shape index (κ3) is 3.61. The SMILES string of the molecule is COCC(=O)N1CCN(C(=O)c2cc(C)ccc2C)CC1. The first-order valence-corrected chi connectivity index (χ1v) is 7.16. The number of carbonyl (C=O) groups is 2. The molecule has 0 atom stereocenters. The van der Waals surface area contributed by atoms with Gasteiger partial charge in [0.1, 0.15) is 6.61 Å². The summed E-state index contributed by atoms with van der Waals surface area (Å²) >= 11 is 0. The standard InChI is InChI=1S/C16H22N2O3/c1-12-4-5-13(2)14(10-12)16(20)18-8-6-17(7-9-18)15(19)11-21-3/h4-5,10H,6-9,11H2,1-3H3. The Morgan fingerprint density at radius 2 is 1.71 bits per heavy atom. The average Bonchev–Trinajstić information content (AvgIpc) is 2.49. The number of nitrogens with zero attached hydrogens (tertiary/aromatic N) is 2. The van der Waals surface area contributed by atoms with Gasteiger partial charge >= 0.3 is 0 Å². The molecule has 5 heteroatoms. The predicted molar refractivity (Wildman–Crippen MR) is 80.3 cm³/mol. The molecular weight excluding hydrogens is 268 g/mol. The van der Waals surface area contributed by atoms with Crippen LogP contribution in [0.5, 0.6) is 0 Å². The van der Waals surface area contributed by atoms with Gasteiger partial charge in [0.05, 0.1) is 0 Å². The molecule has 1 aromatic carbocycles. The van der Waals surface area contributed by atoms with Gasteiger partial charge in [-0.3, -0.25) is 9.59 Å². The molecule has 1 heterocycles. The van der Waals surface area contributed by atoms with Crippen LogP contribution in [0.15, 0.2) is 18.2 Å². The predicted octanol–water partition coefficient (Wildman–Crippen LogP) is 1.23. The minimum Gasteiger partial charge on any atom is -0.375 e.